The number of hydrogen-bond acceptors (Lipinski definition) is 0. The van der Waals surface area contributed by atoms with Gasteiger partial charge in [0.1, 0.15) is 0 Å². The summed E-state index contributed by atoms with van der Waals surface area (Å²) in [6, 6.07) is 11.0. The van der Waals surface area contributed by atoms with Gasteiger partial charge in [0.15, 0.2) is 0 Å². The van der Waals surface area contributed by atoms with E-state index in [2.05, 4.69) is 0 Å². The molecule has 0 spiro atoms. The van der Waals surface area contributed by atoms with Gasteiger partial charge in [0.05, 0.1) is 20.1 Å². The van der Waals surface area contributed by atoms with Gasteiger partial charge in [-0.15, -0.1) is 0 Å². The number of rotatable bonds is 3. The maximum Gasteiger partial charge on any atom is 0.0598 e. The Morgan fingerprint density at radius 2 is 0.950 bits per heavy atom. The molecule has 4 heteroatoms. The van der Waals surface area contributed by atoms with E-state index in [1.807, 2.05) is 48.6 Å². The van der Waals surface area contributed by atoms with Crippen molar-refractivity contribution in [2.24, 2.45) is 0 Å². The number of allylic oxidation sites excluding steroid dienone is 2. The molecule has 2 aromatic carbocycles. The van der Waals surface area contributed by atoms with Crippen LogP contribution in [0, 0.1) is 0 Å². The van der Waals surface area contributed by atoms with Gasteiger partial charge < -0.3 is 0 Å². The van der Waals surface area contributed by atoms with Crippen molar-refractivity contribution in [2.75, 3.05) is 0 Å². The highest BCUT2D eigenvalue weighted by Crippen LogP contribution is 2.24. The molecule has 0 heterocycles. The normalized spacial score (nSPS) is 11.6. The van der Waals surface area contributed by atoms with Crippen molar-refractivity contribution in [3.8, 4) is 0 Å². The zero-order valence-corrected chi connectivity index (χ0v) is 13.3. The van der Waals surface area contributed by atoms with E-state index >= 15 is 0 Å². The highest BCUT2D eigenvalue weighted by Gasteiger charge is 1.97. The molecule has 0 aliphatic rings. The second-order valence-electron chi connectivity index (χ2n) is 4.07. The molecule has 0 aliphatic carbocycles. The van der Waals surface area contributed by atoms with E-state index in [1.165, 1.54) is 0 Å². The van der Waals surface area contributed by atoms with Gasteiger partial charge in [-0.3, -0.25) is 0 Å². The van der Waals surface area contributed by atoms with Crippen LogP contribution < -0.4 is 0 Å². The highest BCUT2D eigenvalue weighted by molar-refractivity contribution is 6.42. The summed E-state index contributed by atoms with van der Waals surface area (Å²) < 4.78 is 0. The van der Waals surface area contributed by atoms with Crippen molar-refractivity contribution in [2.45, 2.75) is 0 Å². The minimum Gasteiger partial charge on any atom is -0.0827 e. The number of hydrogen-bond donors (Lipinski definition) is 0. The molecule has 2 aromatic rings. The standard InChI is InChI=1S/C16H10Cl4/c17-13-7-5-11(9-15(13)19)3-1-2-4-12-6-8-14(18)16(20)10-12/h1-10H/b3-1-,4-2+. The lowest BCUT2D eigenvalue weighted by Gasteiger charge is -1.97. The van der Waals surface area contributed by atoms with Crippen molar-refractivity contribution in [1.29, 1.82) is 0 Å². The Morgan fingerprint density at radius 1 is 0.550 bits per heavy atom. The molecule has 0 saturated heterocycles. The van der Waals surface area contributed by atoms with Gasteiger partial charge in [-0.2, -0.15) is 0 Å². The predicted molar refractivity (Wildman–Crippen MR) is 91.0 cm³/mol. The molecule has 20 heavy (non-hydrogen) atoms. The van der Waals surface area contributed by atoms with Crippen LogP contribution in [-0.2, 0) is 0 Å². The Kier molecular flexibility index (Phi) is 5.56. The molecule has 0 bridgehead atoms. The molecule has 0 N–H and O–H groups in total. The van der Waals surface area contributed by atoms with Crippen molar-refractivity contribution in [3.63, 3.8) is 0 Å². The third-order valence-electron chi connectivity index (χ3n) is 2.58. The van der Waals surface area contributed by atoms with E-state index in [-0.39, 0.29) is 0 Å². The monoisotopic (exact) mass is 342 g/mol. The van der Waals surface area contributed by atoms with Gasteiger partial charge in [-0.25, -0.2) is 0 Å². The summed E-state index contributed by atoms with van der Waals surface area (Å²) in [5, 5.41) is 2.19. The maximum atomic E-state index is 5.94. The smallest absolute Gasteiger partial charge is 0.0598 e. The Bertz CT molecular complexity index is 613. The fraction of sp³-hybridized carbons (Fsp3) is 0. The molecule has 0 saturated carbocycles. The Balaban J connectivity index is 2.06. The van der Waals surface area contributed by atoms with Crippen molar-refractivity contribution >= 4 is 58.6 Å². The van der Waals surface area contributed by atoms with Crippen molar-refractivity contribution in [1.82, 2.24) is 0 Å². The minimum atomic E-state index is 0.544. The van der Waals surface area contributed by atoms with E-state index in [1.54, 1.807) is 12.1 Å². The average molecular weight is 344 g/mol. The summed E-state index contributed by atoms with van der Waals surface area (Å²) in [6.45, 7) is 0. The molecule has 2 rings (SSSR count). The summed E-state index contributed by atoms with van der Waals surface area (Å²) in [7, 11) is 0. The first kappa shape index (κ1) is 15.5. The van der Waals surface area contributed by atoms with Crippen LogP contribution >= 0.6 is 46.4 Å². The van der Waals surface area contributed by atoms with Crippen LogP contribution in [0.15, 0.2) is 48.6 Å². The second-order valence-corrected chi connectivity index (χ2v) is 5.69. The Hall–Kier alpha value is -0.920. The third-order valence-corrected chi connectivity index (χ3v) is 4.05. The van der Waals surface area contributed by atoms with Gasteiger partial charge in [0.2, 0.25) is 0 Å². The fourth-order valence-corrected chi connectivity index (χ4v) is 2.18. The highest BCUT2D eigenvalue weighted by atomic mass is 35.5. The van der Waals surface area contributed by atoms with Gasteiger partial charge in [-0.05, 0) is 35.4 Å². The van der Waals surface area contributed by atoms with E-state index < -0.39 is 0 Å². The SMILES string of the molecule is Clc1ccc(/C=C\C=C\c2ccc(Cl)c(Cl)c2)cc1Cl. The number of benzene rings is 2. The predicted octanol–water partition coefficient (Wildman–Crippen LogP) is 7.03. The van der Waals surface area contributed by atoms with Crippen molar-refractivity contribution < 1.29 is 0 Å². The summed E-state index contributed by atoms with van der Waals surface area (Å²) in [5.74, 6) is 0. The molecule has 0 radical (unpaired) electrons. The molecular formula is C16H10Cl4. The molecule has 0 aliphatic heterocycles. The van der Waals surface area contributed by atoms with Crippen LogP contribution in [0.1, 0.15) is 11.1 Å². The molecule has 0 nitrogen and oxygen atoms in total. The topological polar surface area (TPSA) is 0 Å². The van der Waals surface area contributed by atoms with E-state index in [4.69, 9.17) is 46.4 Å². The van der Waals surface area contributed by atoms with Gasteiger partial charge in [-0.1, -0.05) is 82.8 Å². The molecule has 0 aromatic heterocycles. The molecule has 0 unspecified atom stereocenters. The van der Waals surface area contributed by atoms with Crippen LogP contribution in [-0.4, -0.2) is 0 Å². The molecule has 0 fully saturated rings. The van der Waals surface area contributed by atoms with Gasteiger partial charge >= 0.3 is 0 Å². The quantitative estimate of drug-likeness (QED) is 0.525. The lowest BCUT2D eigenvalue weighted by Crippen LogP contribution is -1.74. The largest absolute Gasteiger partial charge is 0.0827 e. The minimum absolute atomic E-state index is 0.544. The summed E-state index contributed by atoms with van der Waals surface area (Å²) >= 11 is 23.6. The van der Waals surface area contributed by atoms with Crippen LogP contribution in [0.2, 0.25) is 20.1 Å². The molecule has 0 amide bonds. The Morgan fingerprint density at radius 3 is 1.30 bits per heavy atom. The zero-order chi connectivity index (χ0) is 14.5. The van der Waals surface area contributed by atoms with Crippen molar-refractivity contribution in [3.05, 3.63) is 79.8 Å². The first-order chi connectivity index (χ1) is 9.56. The number of halogens is 4. The zero-order valence-electron chi connectivity index (χ0n) is 10.3. The second kappa shape index (κ2) is 7.19. The van der Waals surface area contributed by atoms with Gasteiger partial charge in [0.25, 0.3) is 0 Å². The van der Waals surface area contributed by atoms with Crippen LogP contribution in [0.5, 0.6) is 0 Å². The van der Waals surface area contributed by atoms with Gasteiger partial charge in [0, 0.05) is 0 Å². The summed E-state index contributed by atoms with van der Waals surface area (Å²) in [4.78, 5) is 0. The lowest BCUT2D eigenvalue weighted by molar-refractivity contribution is 1.65. The molecule has 0 atom stereocenters. The van der Waals surface area contributed by atoms with Crippen LogP contribution in [0.25, 0.3) is 12.2 Å². The first-order valence-electron chi connectivity index (χ1n) is 5.81. The third kappa shape index (κ3) is 4.29. The Labute approximate surface area is 138 Å². The summed E-state index contributed by atoms with van der Waals surface area (Å²) in [6.07, 6.45) is 7.72. The molecular weight excluding hydrogens is 334 g/mol. The fourth-order valence-electron chi connectivity index (χ4n) is 1.57. The van der Waals surface area contributed by atoms with E-state index in [9.17, 15) is 0 Å². The van der Waals surface area contributed by atoms with E-state index in [0.717, 1.165) is 11.1 Å². The van der Waals surface area contributed by atoms with Crippen LogP contribution in [0.3, 0.4) is 0 Å². The molecule has 102 valence electrons. The van der Waals surface area contributed by atoms with E-state index in [0.29, 0.717) is 20.1 Å². The average Bonchev–Trinajstić information content (AvgIpc) is 2.42. The first-order valence-corrected chi connectivity index (χ1v) is 7.32. The summed E-state index contributed by atoms with van der Waals surface area (Å²) in [5.41, 5.74) is 1.97. The maximum absolute atomic E-state index is 5.94. The van der Waals surface area contributed by atoms with Crippen LogP contribution in [0.4, 0.5) is 0 Å². The lowest BCUT2D eigenvalue weighted by atomic mass is 10.2.